The Hall–Kier alpha value is -5.08. The van der Waals surface area contributed by atoms with E-state index in [1.54, 1.807) is 0 Å². The number of hydrogen-bond acceptors (Lipinski definition) is 1. The first-order chi connectivity index (χ1) is 19.7. The van der Waals surface area contributed by atoms with Gasteiger partial charge in [0.1, 0.15) is 0 Å². The molecule has 8 rings (SSSR count). The van der Waals surface area contributed by atoms with Gasteiger partial charge >= 0.3 is 0 Å². The predicted octanol–water partition coefficient (Wildman–Crippen LogP) is 10.0. The van der Waals surface area contributed by atoms with Gasteiger partial charge in [-0.2, -0.15) is 0 Å². The van der Waals surface area contributed by atoms with Crippen LogP contribution in [0.3, 0.4) is 0 Å². The Balaban J connectivity index is 1.25. The Kier molecular flexibility index (Phi) is 5.14. The monoisotopic (exact) mass is 512 g/mol. The van der Waals surface area contributed by atoms with Crippen LogP contribution in [0.2, 0.25) is 0 Å². The summed E-state index contributed by atoms with van der Waals surface area (Å²) in [5.74, 6) is 0. The molecule has 1 aromatic heterocycles. The SMILES string of the molecule is Cn1c2ccc(N(c3ccccc3)c3ccccc3)cc2c2ccc(-c3ccc4c(c3)-c3ccccc3C4)cc21. The van der Waals surface area contributed by atoms with E-state index in [1.807, 2.05) is 0 Å². The molecular formula is C38H28N2. The van der Waals surface area contributed by atoms with Crippen LogP contribution in [0, 0.1) is 0 Å². The summed E-state index contributed by atoms with van der Waals surface area (Å²) in [6, 6.07) is 50.7. The van der Waals surface area contributed by atoms with E-state index in [0.717, 1.165) is 23.5 Å². The zero-order valence-corrected chi connectivity index (χ0v) is 22.4. The Morgan fingerprint density at radius 1 is 0.475 bits per heavy atom. The van der Waals surface area contributed by atoms with Crippen molar-refractivity contribution in [3.8, 4) is 22.3 Å². The van der Waals surface area contributed by atoms with E-state index in [1.165, 1.54) is 55.2 Å². The predicted molar refractivity (Wildman–Crippen MR) is 169 cm³/mol. The largest absolute Gasteiger partial charge is 0.344 e. The van der Waals surface area contributed by atoms with Crippen LogP contribution in [0.25, 0.3) is 44.1 Å². The molecule has 0 fully saturated rings. The molecular weight excluding hydrogens is 484 g/mol. The molecule has 0 spiro atoms. The summed E-state index contributed by atoms with van der Waals surface area (Å²) >= 11 is 0. The number of para-hydroxylation sites is 2. The van der Waals surface area contributed by atoms with Crippen molar-refractivity contribution in [2.45, 2.75) is 6.42 Å². The normalized spacial score (nSPS) is 12.0. The lowest BCUT2D eigenvalue weighted by molar-refractivity contribution is 1.01. The third-order valence-corrected chi connectivity index (χ3v) is 8.41. The smallest absolute Gasteiger partial charge is 0.0494 e. The molecule has 0 amide bonds. The molecule has 0 aliphatic heterocycles. The lowest BCUT2D eigenvalue weighted by atomic mass is 9.98. The van der Waals surface area contributed by atoms with Gasteiger partial charge in [0.25, 0.3) is 0 Å². The quantitative estimate of drug-likeness (QED) is 0.228. The van der Waals surface area contributed by atoms with Gasteiger partial charge in [0.2, 0.25) is 0 Å². The molecule has 40 heavy (non-hydrogen) atoms. The molecule has 190 valence electrons. The molecule has 1 heterocycles. The van der Waals surface area contributed by atoms with Crippen molar-refractivity contribution in [2.75, 3.05) is 4.90 Å². The van der Waals surface area contributed by atoms with Gasteiger partial charge in [0.15, 0.2) is 0 Å². The third kappa shape index (κ3) is 3.57. The maximum atomic E-state index is 2.38. The average molecular weight is 513 g/mol. The Labute approximate surface area is 234 Å². The summed E-state index contributed by atoms with van der Waals surface area (Å²) in [5, 5.41) is 2.54. The van der Waals surface area contributed by atoms with E-state index in [-0.39, 0.29) is 0 Å². The second kappa shape index (κ2) is 9.00. The molecule has 2 nitrogen and oxygen atoms in total. The van der Waals surface area contributed by atoms with Gasteiger partial charge in [-0.3, -0.25) is 0 Å². The maximum Gasteiger partial charge on any atom is 0.0494 e. The Bertz CT molecular complexity index is 1990. The average Bonchev–Trinajstić information content (AvgIpc) is 3.52. The molecule has 7 aromatic rings. The molecule has 0 N–H and O–H groups in total. The molecule has 0 atom stereocenters. The number of nitrogens with zero attached hydrogens (tertiary/aromatic N) is 2. The number of rotatable bonds is 4. The first-order valence-electron chi connectivity index (χ1n) is 13.9. The zero-order valence-electron chi connectivity index (χ0n) is 22.4. The van der Waals surface area contributed by atoms with E-state index in [0.29, 0.717) is 0 Å². The van der Waals surface area contributed by atoms with E-state index < -0.39 is 0 Å². The van der Waals surface area contributed by atoms with Crippen molar-refractivity contribution in [3.63, 3.8) is 0 Å². The second-order valence-corrected chi connectivity index (χ2v) is 10.7. The van der Waals surface area contributed by atoms with Gasteiger partial charge in [0.05, 0.1) is 0 Å². The van der Waals surface area contributed by atoms with E-state index in [2.05, 4.69) is 156 Å². The molecule has 0 radical (unpaired) electrons. The fraction of sp³-hybridized carbons (Fsp3) is 0.0526. The van der Waals surface area contributed by atoms with E-state index in [4.69, 9.17) is 0 Å². The molecule has 6 aromatic carbocycles. The topological polar surface area (TPSA) is 8.17 Å². The number of aryl methyl sites for hydroxylation is 1. The third-order valence-electron chi connectivity index (χ3n) is 8.41. The standard InChI is InChI=1S/C38H28N2/c1-39-37-21-19-32(40(30-11-4-2-5-12-30)31-13-6-3-7-14-31)25-36(37)34-20-18-27(24-38(34)39)26-16-17-29-22-28-10-8-9-15-33(28)35(29)23-26/h2-21,23-25H,22H2,1H3. The highest BCUT2D eigenvalue weighted by atomic mass is 15.1. The highest BCUT2D eigenvalue weighted by Gasteiger charge is 2.19. The molecule has 1 aliphatic rings. The number of aromatic nitrogens is 1. The minimum absolute atomic E-state index is 1.03. The molecule has 1 aliphatic carbocycles. The van der Waals surface area contributed by atoms with Crippen LogP contribution in [0.5, 0.6) is 0 Å². The number of benzene rings is 6. The summed E-state index contributed by atoms with van der Waals surface area (Å²) in [4.78, 5) is 2.33. The molecule has 0 bridgehead atoms. The minimum Gasteiger partial charge on any atom is -0.344 e. The van der Waals surface area contributed by atoms with Crippen molar-refractivity contribution in [3.05, 3.63) is 151 Å². The molecule has 0 saturated heterocycles. The zero-order chi connectivity index (χ0) is 26.6. The van der Waals surface area contributed by atoms with Crippen LogP contribution < -0.4 is 4.90 Å². The second-order valence-electron chi connectivity index (χ2n) is 10.7. The summed E-state index contributed by atoms with van der Waals surface area (Å²) in [5.41, 5.74) is 14.0. The van der Waals surface area contributed by atoms with Crippen molar-refractivity contribution >= 4 is 38.9 Å². The molecule has 0 unspecified atom stereocenters. The summed E-state index contributed by atoms with van der Waals surface area (Å²) in [6.45, 7) is 0. The van der Waals surface area contributed by atoms with E-state index >= 15 is 0 Å². The highest BCUT2D eigenvalue weighted by molar-refractivity contribution is 6.10. The minimum atomic E-state index is 1.03. The van der Waals surface area contributed by atoms with Gasteiger partial charge in [-0.05, 0) is 94.4 Å². The van der Waals surface area contributed by atoms with E-state index in [9.17, 15) is 0 Å². The van der Waals surface area contributed by atoms with Crippen LogP contribution in [0.4, 0.5) is 17.1 Å². The first kappa shape index (κ1) is 22.9. The maximum absolute atomic E-state index is 2.38. The van der Waals surface area contributed by atoms with Crippen molar-refractivity contribution in [2.24, 2.45) is 7.05 Å². The Morgan fingerprint density at radius 2 is 1.12 bits per heavy atom. The van der Waals surface area contributed by atoms with Gasteiger partial charge in [-0.15, -0.1) is 0 Å². The van der Waals surface area contributed by atoms with Crippen LogP contribution in [0.1, 0.15) is 11.1 Å². The number of hydrogen-bond donors (Lipinski definition) is 0. The number of anilines is 3. The van der Waals surface area contributed by atoms with Crippen LogP contribution in [-0.2, 0) is 13.5 Å². The fourth-order valence-electron chi connectivity index (χ4n) is 6.42. The van der Waals surface area contributed by atoms with Gasteiger partial charge in [-0.1, -0.05) is 84.9 Å². The van der Waals surface area contributed by atoms with Crippen LogP contribution in [-0.4, -0.2) is 4.57 Å². The lowest BCUT2D eigenvalue weighted by Gasteiger charge is -2.25. The fourth-order valence-corrected chi connectivity index (χ4v) is 6.42. The van der Waals surface area contributed by atoms with Crippen LogP contribution >= 0.6 is 0 Å². The highest BCUT2D eigenvalue weighted by Crippen LogP contribution is 2.41. The van der Waals surface area contributed by atoms with Gasteiger partial charge < -0.3 is 9.47 Å². The lowest BCUT2D eigenvalue weighted by Crippen LogP contribution is -2.09. The summed E-state index contributed by atoms with van der Waals surface area (Å²) < 4.78 is 2.33. The molecule has 2 heteroatoms. The number of fused-ring (bicyclic) bond motifs is 6. The van der Waals surface area contributed by atoms with Crippen LogP contribution in [0.15, 0.2) is 140 Å². The van der Waals surface area contributed by atoms with Gasteiger partial charge in [0, 0.05) is 45.9 Å². The first-order valence-corrected chi connectivity index (χ1v) is 13.9. The van der Waals surface area contributed by atoms with Crippen molar-refractivity contribution in [1.29, 1.82) is 0 Å². The summed E-state index contributed by atoms with van der Waals surface area (Å²) in [7, 11) is 2.18. The van der Waals surface area contributed by atoms with Crippen molar-refractivity contribution < 1.29 is 0 Å². The summed E-state index contributed by atoms with van der Waals surface area (Å²) in [6.07, 6.45) is 1.03. The Morgan fingerprint density at radius 3 is 1.90 bits per heavy atom. The van der Waals surface area contributed by atoms with Gasteiger partial charge in [-0.25, -0.2) is 0 Å². The molecule has 0 saturated carbocycles. The van der Waals surface area contributed by atoms with Crippen molar-refractivity contribution in [1.82, 2.24) is 4.57 Å².